The third-order valence-corrected chi connectivity index (χ3v) is 10.3. The Morgan fingerprint density at radius 2 is 0.655 bits per heavy atom. The quantitative estimate of drug-likeness (QED) is 0.166. The Kier molecular flexibility index (Phi) is 8.12. The van der Waals surface area contributed by atoms with Crippen LogP contribution in [0.1, 0.15) is 0 Å². The minimum absolute atomic E-state index is 0.626. The van der Waals surface area contributed by atoms with Crippen molar-refractivity contribution in [3.8, 4) is 73.2 Å². The number of rotatable bonds is 7. The Labute approximate surface area is 319 Å². The molecule has 4 nitrogen and oxygen atoms in total. The van der Waals surface area contributed by atoms with Crippen molar-refractivity contribution in [1.82, 2.24) is 19.5 Å². The largest absolute Gasteiger partial charge is 0.309 e. The van der Waals surface area contributed by atoms with Crippen molar-refractivity contribution in [3.05, 3.63) is 206 Å². The van der Waals surface area contributed by atoms with Gasteiger partial charge in [-0.3, -0.25) is 0 Å². The van der Waals surface area contributed by atoms with E-state index in [0.717, 1.165) is 33.5 Å². The van der Waals surface area contributed by atoms with E-state index in [0.29, 0.717) is 17.5 Å². The molecule has 4 heteroatoms. The summed E-state index contributed by atoms with van der Waals surface area (Å²) in [5, 5.41) is 2.45. The summed E-state index contributed by atoms with van der Waals surface area (Å²) in [6.07, 6.45) is 0. The van der Waals surface area contributed by atoms with Crippen LogP contribution >= 0.6 is 0 Å². The van der Waals surface area contributed by atoms with Gasteiger partial charge in [-0.2, -0.15) is 0 Å². The minimum atomic E-state index is 0.626. The zero-order chi connectivity index (χ0) is 36.6. The molecular weight excluding hydrogens is 669 g/mol. The van der Waals surface area contributed by atoms with E-state index in [9.17, 15) is 0 Å². The number of hydrogen-bond donors (Lipinski definition) is 0. The van der Waals surface area contributed by atoms with Gasteiger partial charge in [0.25, 0.3) is 0 Å². The highest BCUT2D eigenvalue weighted by Crippen LogP contribution is 2.36. The molecule has 55 heavy (non-hydrogen) atoms. The van der Waals surface area contributed by atoms with Crippen molar-refractivity contribution < 1.29 is 0 Å². The van der Waals surface area contributed by atoms with Crippen molar-refractivity contribution in [1.29, 1.82) is 0 Å². The van der Waals surface area contributed by atoms with E-state index in [1.165, 1.54) is 44.1 Å². The van der Waals surface area contributed by atoms with Crippen LogP contribution in [0.25, 0.3) is 95.0 Å². The molecule has 0 aliphatic carbocycles. The molecule has 0 aliphatic heterocycles. The molecule has 0 saturated heterocycles. The number of nitrogens with zero attached hydrogens (tertiary/aromatic N) is 4. The molecule has 0 unspecified atom stereocenters. The lowest BCUT2D eigenvalue weighted by Crippen LogP contribution is -2.00. The Bertz CT molecular complexity index is 2930. The lowest BCUT2D eigenvalue weighted by atomic mass is 9.99. The van der Waals surface area contributed by atoms with Gasteiger partial charge in [0.2, 0.25) is 0 Å². The number of hydrogen-bond acceptors (Lipinski definition) is 3. The minimum Gasteiger partial charge on any atom is -0.309 e. The van der Waals surface area contributed by atoms with Gasteiger partial charge in [0.15, 0.2) is 17.5 Å². The average Bonchev–Trinajstić information content (AvgIpc) is 3.61. The SMILES string of the molecule is c1ccc(-c2ccc(-c3cccc(-c4nc(-c5ccccc5)nc(-c5ccc(-n6c7ccccc7c7ccc(-c8ccccc8)cc76)cc5)n4)c3)cc2)cc1. The highest BCUT2D eigenvalue weighted by molar-refractivity contribution is 6.10. The van der Waals surface area contributed by atoms with Crippen LogP contribution in [0.2, 0.25) is 0 Å². The molecule has 0 radical (unpaired) electrons. The summed E-state index contributed by atoms with van der Waals surface area (Å²) in [5.41, 5.74) is 13.2. The monoisotopic (exact) mass is 702 g/mol. The smallest absolute Gasteiger partial charge is 0.164 e. The van der Waals surface area contributed by atoms with Crippen LogP contribution in [-0.2, 0) is 0 Å². The zero-order valence-electron chi connectivity index (χ0n) is 29.9. The standard InChI is InChI=1S/C51H34N4/c1-4-13-35(14-5-1)37-23-25-38(26-24-37)41-19-12-20-43(33-41)51-53-49(39-17-8-3-9-18-39)52-50(54-51)40-27-30-44(31-28-40)55-47-22-11-10-21-45(47)46-32-29-42(34-48(46)55)36-15-6-2-7-16-36/h1-34H. The summed E-state index contributed by atoms with van der Waals surface area (Å²) >= 11 is 0. The Morgan fingerprint density at radius 3 is 1.31 bits per heavy atom. The van der Waals surface area contributed by atoms with Crippen LogP contribution in [-0.4, -0.2) is 19.5 Å². The third kappa shape index (κ3) is 6.16. The molecule has 0 atom stereocenters. The maximum absolute atomic E-state index is 5.10. The maximum atomic E-state index is 5.10. The Morgan fingerprint density at radius 1 is 0.255 bits per heavy atom. The van der Waals surface area contributed by atoms with E-state index in [1.807, 2.05) is 36.4 Å². The molecule has 2 heterocycles. The second kappa shape index (κ2) is 13.8. The first kappa shape index (κ1) is 32.2. The lowest BCUT2D eigenvalue weighted by Gasteiger charge is -2.12. The number of aromatic nitrogens is 4. The second-order valence-electron chi connectivity index (χ2n) is 13.7. The second-order valence-corrected chi connectivity index (χ2v) is 13.7. The van der Waals surface area contributed by atoms with Crippen molar-refractivity contribution in [2.75, 3.05) is 0 Å². The summed E-state index contributed by atoms with van der Waals surface area (Å²) < 4.78 is 2.35. The number of benzene rings is 8. The van der Waals surface area contributed by atoms with Crippen molar-refractivity contribution >= 4 is 21.8 Å². The molecular formula is C51H34N4. The van der Waals surface area contributed by atoms with Gasteiger partial charge in [-0.15, -0.1) is 0 Å². The normalized spacial score (nSPS) is 11.3. The maximum Gasteiger partial charge on any atom is 0.164 e. The molecule has 0 aliphatic rings. The highest BCUT2D eigenvalue weighted by atomic mass is 15.0. The molecule has 0 bridgehead atoms. The van der Waals surface area contributed by atoms with Crippen LogP contribution in [0.4, 0.5) is 0 Å². The lowest BCUT2D eigenvalue weighted by molar-refractivity contribution is 1.07. The van der Waals surface area contributed by atoms with E-state index >= 15 is 0 Å². The first-order valence-electron chi connectivity index (χ1n) is 18.5. The molecule has 258 valence electrons. The fraction of sp³-hybridized carbons (Fsp3) is 0. The molecule has 0 fully saturated rings. The summed E-state index contributed by atoms with van der Waals surface area (Å²) in [6.45, 7) is 0. The van der Waals surface area contributed by atoms with E-state index in [1.54, 1.807) is 0 Å². The summed E-state index contributed by atoms with van der Waals surface area (Å²) in [7, 11) is 0. The fourth-order valence-corrected chi connectivity index (χ4v) is 7.49. The Balaban J connectivity index is 1.05. The molecule has 8 aromatic carbocycles. The molecule has 0 spiro atoms. The van der Waals surface area contributed by atoms with Gasteiger partial charge in [-0.05, 0) is 75.8 Å². The van der Waals surface area contributed by atoms with Crippen LogP contribution in [0.15, 0.2) is 206 Å². The fourth-order valence-electron chi connectivity index (χ4n) is 7.49. The van der Waals surface area contributed by atoms with Crippen LogP contribution in [0.5, 0.6) is 0 Å². The summed E-state index contributed by atoms with van der Waals surface area (Å²) in [4.78, 5) is 15.1. The van der Waals surface area contributed by atoms with E-state index in [4.69, 9.17) is 15.0 Å². The van der Waals surface area contributed by atoms with Crippen molar-refractivity contribution in [3.63, 3.8) is 0 Å². The molecule has 10 aromatic rings. The van der Waals surface area contributed by atoms with Crippen molar-refractivity contribution in [2.24, 2.45) is 0 Å². The van der Waals surface area contributed by atoms with Gasteiger partial charge in [0.05, 0.1) is 11.0 Å². The van der Waals surface area contributed by atoms with E-state index < -0.39 is 0 Å². The first-order valence-corrected chi connectivity index (χ1v) is 18.5. The molecule has 10 rings (SSSR count). The third-order valence-electron chi connectivity index (χ3n) is 10.3. The number of para-hydroxylation sites is 1. The predicted octanol–water partition coefficient (Wildman–Crippen LogP) is 13.0. The first-order chi connectivity index (χ1) is 27.2. The van der Waals surface area contributed by atoms with Gasteiger partial charge in [0.1, 0.15) is 0 Å². The number of fused-ring (bicyclic) bond motifs is 3. The molecule has 2 aromatic heterocycles. The summed E-state index contributed by atoms with van der Waals surface area (Å²) in [5.74, 6) is 1.89. The van der Waals surface area contributed by atoms with E-state index in [2.05, 4.69) is 174 Å². The van der Waals surface area contributed by atoms with Crippen LogP contribution in [0, 0.1) is 0 Å². The topological polar surface area (TPSA) is 43.6 Å². The van der Waals surface area contributed by atoms with Gasteiger partial charge >= 0.3 is 0 Å². The summed E-state index contributed by atoms with van der Waals surface area (Å²) in [6, 6.07) is 72.3. The van der Waals surface area contributed by atoms with Crippen LogP contribution in [0.3, 0.4) is 0 Å². The van der Waals surface area contributed by atoms with Gasteiger partial charge < -0.3 is 4.57 Å². The molecule has 0 saturated carbocycles. The predicted molar refractivity (Wildman–Crippen MR) is 227 cm³/mol. The van der Waals surface area contributed by atoms with Gasteiger partial charge in [-0.25, -0.2) is 15.0 Å². The van der Waals surface area contributed by atoms with Crippen molar-refractivity contribution in [2.45, 2.75) is 0 Å². The average molecular weight is 703 g/mol. The van der Waals surface area contributed by atoms with E-state index in [-0.39, 0.29) is 0 Å². The zero-order valence-corrected chi connectivity index (χ0v) is 29.9. The van der Waals surface area contributed by atoms with Gasteiger partial charge in [-0.1, -0.05) is 164 Å². The molecule has 0 amide bonds. The molecule has 0 N–H and O–H groups in total. The van der Waals surface area contributed by atoms with Crippen LogP contribution < -0.4 is 0 Å². The van der Waals surface area contributed by atoms with Gasteiger partial charge in [0, 0.05) is 33.2 Å². The highest BCUT2D eigenvalue weighted by Gasteiger charge is 2.16. The Hall–Kier alpha value is -7.43.